The molecule has 2 aromatic rings. The molecular weight excluding hydrogens is 352 g/mol. The Balaban J connectivity index is 1.75. The molecular formula is C15H17ClN4O3S. The molecule has 0 spiro atoms. The van der Waals surface area contributed by atoms with E-state index in [1.165, 1.54) is 12.5 Å². The van der Waals surface area contributed by atoms with Crippen LogP contribution in [0.4, 0.5) is 0 Å². The number of carbonyl (C=O) groups is 1. The third kappa shape index (κ3) is 3.29. The molecule has 1 amide bonds. The van der Waals surface area contributed by atoms with Gasteiger partial charge < -0.3 is 4.90 Å². The first kappa shape index (κ1) is 16.9. The number of halogens is 1. The van der Waals surface area contributed by atoms with Gasteiger partial charge >= 0.3 is 0 Å². The van der Waals surface area contributed by atoms with Crippen LogP contribution in [0.25, 0.3) is 0 Å². The van der Waals surface area contributed by atoms with Gasteiger partial charge in [-0.2, -0.15) is 5.10 Å². The molecule has 3 heterocycles. The number of nitrogens with one attached hydrogen (secondary N) is 1. The summed E-state index contributed by atoms with van der Waals surface area (Å²) in [6.07, 6.45) is 5.49. The van der Waals surface area contributed by atoms with Gasteiger partial charge in [-0.25, -0.2) is 8.42 Å². The van der Waals surface area contributed by atoms with E-state index in [-0.39, 0.29) is 22.4 Å². The highest BCUT2D eigenvalue weighted by Crippen LogP contribution is 2.31. The van der Waals surface area contributed by atoms with E-state index in [0.717, 1.165) is 0 Å². The number of carbonyl (C=O) groups excluding carboxylic acids is 1. The smallest absolute Gasteiger partial charge is 0.273 e. The Kier molecular flexibility index (Phi) is 4.60. The Labute approximate surface area is 145 Å². The number of sulfone groups is 1. The summed E-state index contributed by atoms with van der Waals surface area (Å²) in [4.78, 5) is 18.7. The van der Waals surface area contributed by atoms with Crippen molar-refractivity contribution in [2.24, 2.45) is 0 Å². The zero-order chi connectivity index (χ0) is 17.3. The molecule has 9 heteroatoms. The highest BCUT2D eigenvalue weighted by molar-refractivity contribution is 7.90. The number of H-pyrrole nitrogens is 1. The van der Waals surface area contributed by atoms with Gasteiger partial charge in [0, 0.05) is 31.5 Å². The lowest BCUT2D eigenvalue weighted by Crippen LogP contribution is -2.38. The van der Waals surface area contributed by atoms with Crippen LogP contribution in [0, 0.1) is 0 Å². The Hall–Kier alpha value is -1.93. The van der Waals surface area contributed by atoms with E-state index >= 15 is 0 Å². The van der Waals surface area contributed by atoms with Gasteiger partial charge in [0.05, 0.1) is 21.8 Å². The number of aromatic nitrogens is 3. The van der Waals surface area contributed by atoms with E-state index < -0.39 is 9.84 Å². The Bertz CT molecular complexity index is 857. The molecule has 1 N–H and O–H groups in total. The van der Waals surface area contributed by atoms with Crippen molar-refractivity contribution in [2.45, 2.75) is 23.7 Å². The van der Waals surface area contributed by atoms with Crippen molar-refractivity contribution in [1.82, 2.24) is 20.1 Å². The number of amides is 1. The van der Waals surface area contributed by atoms with E-state index in [1.807, 2.05) is 0 Å². The van der Waals surface area contributed by atoms with Crippen LogP contribution in [0.1, 0.15) is 34.9 Å². The van der Waals surface area contributed by atoms with Gasteiger partial charge in [-0.15, -0.1) is 0 Å². The van der Waals surface area contributed by atoms with Crippen molar-refractivity contribution in [3.8, 4) is 0 Å². The average molecular weight is 369 g/mol. The average Bonchev–Trinajstić information content (AvgIpc) is 2.99. The molecule has 0 bridgehead atoms. The molecule has 2 aromatic heterocycles. The maximum atomic E-state index is 12.4. The van der Waals surface area contributed by atoms with Crippen LogP contribution in [0.3, 0.4) is 0 Å². The van der Waals surface area contributed by atoms with Gasteiger partial charge in [0.2, 0.25) is 0 Å². The van der Waals surface area contributed by atoms with E-state index in [1.54, 1.807) is 23.2 Å². The van der Waals surface area contributed by atoms with Crippen LogP contribution in [-0.2, 0) is 9.84 Å². The third-order valence-corrected chi connectivity index (χ3v) is 5.61. The summed E-state index contributed by atoms with van der Waals surface area (Å²) < 4.78 is 23.9. The highest BCUT2D eigenvalue weighted by Gasteiger charge is 2.29. The van der Waals surface area contributed by atoms with Gasteiger partial charge in [0.25, 0.3) is 5.91 Å². The van der Waals surface area contributed by atoms with Crippen molar-refractivity contribution < 1.29 is 13.2 Å². The van der Waals surface area contributed by atoms with Crippen LogP contribution in [0.2, 0.25) is 5.02 Å². The molecule has 0 saturated carbocycles. The number of aromatic amines is 1. The first-order chi connectivity index (χ1) is 11.4. The number of pyridine rings is 1. The lowest BCUT2D eigenvalue weighted by Gasteiger charge is -2.32. The summed E-state index contributed by atoms with van der Waals surface area (Å²) in [6, 6.07) is 3.21. The topological polar surface area (TPSA) is 96.0 Å². The van der Waals surface area contributed by atoms with Crippen LogP contribution < -0.4 is 0 Å². The maximum absolute atomic E-state index is 12.4. The zero-order valence-electron chi connectivity index (χ0n) is 13.1. The summed E-state index contributed by atoms with van der Waals surface area (Å²) in [7, 11) is -3.33. The van der Waals surface area contributed by atoms with E-state index in [4.69, 9.17) is 11.6 Å². The molecule has 1 aliphatic heterocycles. The lowest BCUT2D eigenvalue weighted by molar-refractivity contribution is 0.0705. The number of likely N-dealkylation sites (tertiary alicyclic amines) is 1. The zero-order valence-corrected chi connectivity index (χ0v) is 14.6. The summed E-state index contributed by atoms with van der Waals surface area (Å²) >= 11 is 5.93. The van der Waals surface area contributed by atoms with Crippen LogP contribution in [0.15, 0.2) is 29.4 Å². The van der Waals surface area contributed by atoms with Gasteiger partial charge in [-0.05, 0) is 25.0 Å². The first-order valence-corrected chi connectivity index (χ1v) is 9.78. The fourth-order valence-electron chi connectivity index (χ4n) is 2.96. The van der Waals surface area contributed by atoms with Crippen molar-refractivity contribution in [2.75, 3.05) is 19.3 Å². The Morgan fingerprint density at radius 1 is 1.38 bits per heavy atom. The highest BCUT2D eigenvalue weighted by atomic mass is 35.5. The molecule has 128 valence electrons. The molecule has 7 nitrogen and oxygen atoms in total. The van der Waals surface area contributed by atoms with Crippen molar-refractivity contribution in [3.05, 3.63) is 40.9 Å². The van der Waals surface area contributed by atoms with Gasteiger partial charge in [0.1, 0.15) is 5.69 Å². The van der Waals surface area contributed by atoms with E-state index in [2.05, 4.69) is 15.2 Å². The summed E-state index contributed by atoms with van der Waals surface area (Å²) in [6.45, 7) is 1.03. The molecule has 0 unspecified atom stereocenters. The van der Waals surface area contributed by atoms with Gasteiger partial charge in [-0.1, -0.05) is 11.6 Å². The molecule has 1 saturated heterocycles. The molecule has 0 atom stereocenters. The van der Waals surface area contributed by atoms with E-state index in [0.29, 0.717) is 36.6 Å². The van der Waals surface area contributed by atoms with E-state index in [9.17, 15) is 13.2 Å². The molecule has 0 aromatic carbocycles. The maximum Gasteiger partial charge on any atom is 0.273 e. The van der Waals surface area contributed by atoms with Gasteiger partial charge in [0.15, 0.2) is 9.84 Å². The minimum absolute atomic E-state index is 0.0113. The molecule has 24 heavy (non-hydrogen) atoms. The fourth-order valence-corrected chi connectivity index (χ4v) is 4.06. The quantitative estimate of drug-likeness (QED) is 0.892. The number of nitrogens with zero attached hydrogens (tertiary/aromatic N) is 3. The van der Waals surface area contributed by atoms with Crippen molar-refractivity contribution >= 4 is 27.3 Å². The minimum atomic E-state index is -3.33. The lowest BCUT2D eigenvalue weighted by atomic mass is 9.93. The monoisotopic (exact) mass is 368 g/mol. The first-order valence-electron chi connectivity index (χ1n) is 7.51. The van der Waals surface area contributed by atoms with Crippen molar-refractivity contribution in [3.63, 3.8) is 0 Å². The number of rotatable bonds is 3. The van der Waals surface area contributed by atoms with Gasteiger partial charge in [-0.3, -0.25) is 14.9 Å². The second-order valence-corrected chi connectivity index (χ2v) is 8.21. The molecule has 1 fully saturated rings. The van der Waals surface area contributed by atoms with Crippen LogP contribution in [0.5, 0.6) is 0 Å². The Morgan fingerprint density at radius 3 is 2.67 bits per heavy atom. The fraction of sp³-hybridized carbons (Fsp3) is 0.400. The summed E-state index contributed by atoms with van der Waals surface area (Å²) in [5.41, 5.74) is 0.872. The molecule has 3 rings (SSSR count). The molecule has 0 radical (unpaired) electrons. The summed E-state index contributed by atoms with van der Waals surface area (Å²) in [5, 5.41) is 6.66. The summed E-state index contributed by atoms with van der Waals surface area (Å²) in [5.74, 6) is -0.183. The third-order valence-electron chi connectivity index (χ3n) is 4.18. The standard InChI is InChI=1S/C15H17ClN4O3S/c1-24(22,23)12-3-2-6-17-13(12)10-4-7-20(8-5-10)15(21)14-11(16)9-18-19-14/h2-3,6,9-10H,4-5,7-8H2,1H3,(H,18,19). The minimum Gasteiger partial charge on any atom is -0.337 e. The second-order valence-electron chi connectivity index (χ2n) is 5.82. The van der Waals surface area contributed by atoms with Crippen molar-refractivity contribution in [1.29, 1.82) is 0 Å². The molecule has 1 aliphatic rings. The predicted octanol–water partition coefficient (Wildman–Crippen LogP) is 1.88. The normalized spacial score (nSPS) is 16.3. The second kappa shape index (κ2) is 6.52. The van der Waals surface area contributed by atoms with Crippen LogP contribution >= 0.6 is 11.6 Å². The predicted molar refractivity (Wildman–Crippen MR) is 88.8 cm³/mol. The SMILES string of the molecule is CS(=O)(=O)c1cccnc1C1CCN(C(=O)c2[nH]ncc2Cl)CC1. The number of piperidine rings is 1. The molecule has 0 aliphatic carbocycles. The largest absolute Gasteiger partial charge is 0.337 e. The number of hydrogen-bond donors (Lipinski definition) is 1. The number of hydrogen-bond acceptors (Lipinski definition) is 5. The Morgan fingerprint density at radius 2 is 2.08 bits per heavy atom. The van der Waals surface area contributed by atoms with Crippen LogP contribution in [-0.4, -0.2) is 53.8 Å².